The summed E-state index contributed by atoms with van der Waals surface area (Å²) in [5.74, 6) is -1.03. The topological polar surface area (TPSA) is 66.8 Å². The second-order valence-corrected chi connectivity index (χ2v) is 5.26. The number of hydrogen-bond donors (Lipinski definition) is 1. The fourth-order valence-corrected chi connectivity index (χ4v) is 3.34. The average Bonchev–Trinajstić information content (AvgIpc) is 2.63. The van der Waals surface area contributed by atoms with Crippen molar-refractivity contribution < 1.29 is 19.4 Å². The Bertz CT molecular complexity index is 486. The predicted octanol–water partition coefficient (Wildman–Crippen LogP) is 1.31. The van der Waals surface area contributed by atoms with Gasteiger partial charge in [-0.05, 0) is 31.3 Å². The van der Waals surface area contributed by atoms with Crippen molar-refractivity contribution in [2.75, 3.05) is 19.8 Å². The van der Waals surface area contributed by atoms with E-state index in [9.17, 15) is 9.59 Å². The Morgan fingerprint density at radius 3 is 2.68 bits per heavy atom. The Hall–Kier alpha value is -1.62. The molecule has 3 rings (SSSR count). The van der Waals surface area contributed by atoms with Crippen LogP contribution in [0.5, 0.6) is 0 Å². The van der Waals surface area contributed by atoms with Gasteiger partial charge in [0.25, 0.3) is 0 Å². The molecule has 1 amide bonds. The maximum absolute atomic E-state index is 12.7. The maximum atomic E-state index is 12.7. The van der Waals surface area contributed by atoms with Crippen molar-refractivity contribution >= 4 is 11.9 Å². The average molecular weight is 263 g/mol. The minimum atomic E-state index is -0.969. The van der Waals surface area contributed by atoms with E-state index in [4.69, 9.17) is 9.84 Å². The predicted molar refractivity (Wildman–Crippen MR) is 67.2 cm³/mol. The largest absolute Gasteiger partial charge is 0.480 e. The summed E-state index contributed by atoms with van der Waals surface area (Å²) in [5, 5.41) is 9.00. The summed E-state index contributed by atoms with van der Waals surface area (Å²) in [6.45, 7) is 0.888. The molecule has 5 nitrogen and oxygen atoms in total. The number of amides is 1. The monoisotopic (exact) mass is 263 g/mol. The molecule has 2 heterocycles. The SMILES string of the molecule is O=C(O)CN1C(=O)C2(CCOCC2)C2=CCCC=C21. The Kier molecular flexibility index (Phi) is 2.93. The lowest BCUT2D eigenvalue weighted by Crippen LogP contribution is -2.40. The third-order valence-corrected chi connectivity index (χ3v) is 4.23. The Balaban J connectivity index is 2.02. The van der Waals surface area contributed by atoms with E-state index in [0.29, 0.717) is 26.1 Å². The van der Waals surface area contributed by atoms with Gasteiger partial charge in [0.2, 0.25) is 5.91 Å². The number of carboxylic acids is 1. The van der Waals surface area contributed by atoms with Crippen LogP contribution in [0.25, 0.3) is 0 Å². The van der Waals surface area contributed by atoms with E-state index >= 15 is 0 Å². The van der Waals surface area contributed by atoms with Gasteiger partial charge in [0.15, 0.2) is 0 Å². The van der Waals surface area contributed by atoms with Gasteiger partial charge in [-0.3, -0.25) is 9.59 Å². The summed E-state index contributed by atoms with van der Waals surface area (Å²) < 4.78 is 5.37. The van der Waals surface area contributed by atoms with E-state index in [1.54, 1.807) is 0 Å². The van der Waals surface area contributed by atoms with Gasteiger partial charge in [-0.1, -0.05) is 12.2 Å². The zero-order chi connectivity index (χ0) is 13.5. The summed E-state index contributed by atoms with van der Waals surface area (Å²) in [7, 11) is 0. The number of ether oxygens (including phenoxy) is 1. The van der Waals surface area contributed by atoms with Crippen LogP contribution < -0.4 is 0 Å². The molecular formula is C14H17NO4. The van der Waals surface area contributed by atoms with Gasteiger partial charge >= 0.3 is 5.97 Å². The first-order valence-electron chi connectivity index (χ1n) is 6.68. The summed E-state index contributed by atoms with van der Waals surface area (Å²) in [4.78, 5) is 25.1. The molecule has 5 heteroatoms. The fourth-order valence-electron chi connectivity index (χ4n) is 3.34. The lowest BCUT2D eigenvalue weighted by molar-refractivity contribution is -0.146. The summed E-state index contributed by atoms with van der Waals surface area (Å²) >= 11 is 0. The van der Waals surface area contributed by atoms with Gasteiger partial charge < -0.3 is 14.7 Å². The smallest absolute Gasteiger partial charge is 0.323 e. The van der Waals surface area contributed by atoms with Crippen LogP contribution in [-0.4, -0.2) is 41.6 Å². The molecular weight excluding hydrogens is 246 g/mol. The Morgan fingerprint density at radius 1 is 1.32 bits per heavy atom. The number of likely N-dealkylation sites (tertiary alicyclic amines) is 1. The number of carbonyl (C=O) groups is 2. The lowest BCUT2D eigenvalue weighted by Gasteiger charge is -2.32. The lowest BCUT2D eigenvalue weighted by atomic mass is 9.73. The standard InChI is InChI=1S/C14H17NO4/c16-12(17)9-15-11-4-2-1-3-10(11)14(13(15)18)5-7-19-8-6-14/h3-4H,1-2,5-9H2,(H,16,17). The number of rotatable bonds is 2. The molecule has 0 aromatic heterocycles. The number of aliphatic carboxylic acids is 1. The third kappa shape index (κ3) is 1.80. The summed E-state index contributed by atoms with van der Waals surface area (Å²) in [6, 6.07) is 0. The number of fused-ring (bicyclic) bond motifs is 2. The molecule has 2 saturated heterocycles. The highest BCUT2D eigenvalue weighted by atomic mass is 16.5. The third-order valence-electron chi connectivity index (χ3n) is 4.23. The molecule has 0 saturated carbocycles. The van der Waals surface area contributed by atoms with Gasteiger partial charge in [-0.2, -0.15) is 0 Å². The minimum Gasteiger partial charge on any atom is -0.480 e. The molecule has 3 aliphatic rings. The van der Waals surface area contributed by atoms with Crippen LogP contribution in [0.3, 0.4) is 0 Å². The molecule has 0 unspecified atom stereocenters. The van der Waals surface area contributed by atoms with Crippen molar-refractivity contribution in [2.45, 2.75) is 25.7 Å². The van der Waals surface area contributed by atoms with Gasteiger partial charge in [-0.25, -0.2) is 0 Å². The van der Waals surface area contributed by atoms with Crippen molar-refractivity contribution in [3.05, 3.63) is 23.4 Å². The van der Waals surface area contributed by atoms with E-state index in [1.807, 2.05) is 6.08 Å². The number of allylic oxidation sites excluding steroid dienone is 3. The highest BCUT2D eigenvalue weighted by molar-refractivity contribution is 5.96. The van der Waals surface area contributed by atoms with Crippen LogP contribution in [0.2, 0.25) is 0 Å². The van der Waals surface area contributed by atoms with E-state index < -0.39 is 11.4 Å². The molecule has 102 valence electrons. The van der Waals surface area contributed by atoms with Crippen LogP contribution in [0.1, 0.15) is 25.7 Å². The molecule has 0 aromatic carbocycles. The first-order chi connectivity index (χ1) is 9.15. The molecule has 0 radical (unpaired) electrons. The van der Waals surface area contributed by atoms with Crippen molar-refractivity contribution in [1.29, 1.82) is 0 Å². The van der Waals surface area contributed by atoms with Gasteiger partial charge in [0.1, 0.15) is 6.54 Å². The molecule has 1 spiro atoms. The van der Waals surface area contributed by atoms with E-state index in [2.05, 4.69) is 6.08 Å². The maximum Gasteiger partial charge on any atom is 0.323 e. The molecule has 19 heavy (non-hydrogen) atoms. The minimum absolute atomic E-state index is 0.0578. The highest BCUT2D eigenvalue weighted by Crippen LogP contribution is 2.51. The molecule has 1 N–H and O–H groups in total. The van der Waals surface area contributed by atoms with Gasteiger partial charge in [-0.15, -0.1) is 0 Å². The van der Waals surface area contributed by atoms with Crippen LogP contribution >= 0.6 is 0 Å². The molecule has 0 atom stereocenters. The zero-order valence-electron chi connectivity index (χ0n) is 10.7. The molecule has 0 bridgehead atoms. The second-order valence-electron chi connectivity index (χ2n) is 5.26. The van der Waals surface area contributed by atoms with E-state index in [1.165, 1.54) is 4.90 Å². The number of hydrogen-bond acceptors (Lipinski definition) is 3. The van der Waals surface area contributed by atoms with Crippen LogP contribution in [-0.2, 0) is 14.3 Å². The van der Waals surface area contributed by atoms with Crippen LogP contribution in [0, 0.1) is 5.41 Å². The molecule has 2 fully saturated rings. The van der Waals surface area contributed by atoms with Gasteiger partial charge in [0.05, 0.1) is 5.41 Å². The van der Waals surface area contributed by atoms with Gasteiger partial charge in [0, 0.05) is 18.9 Å². The second kappa shape index (κ2) is 4.49. The Morgan fingerprint density at radius 2 is 2.00 bits per heavy atom. The number of carboxylic acid groups (broad SMARTS) is 1. The van der Waals surface area contributed by atoms with Crippen LogP contribution in [0.4, 0.5) is 0 Å². The van der Waals surface area contributed by atoms with E-state index in [0.717, 1.165) is 24.1 Å². The first-order valence-corrected chi connectivity index (χ1v) is 6.68. The highest BCUT2D eigenvalue weighted by Gasteiger charge is 2.54. The number of nitrogens with zero attached hydrogens (tertiary/aromatic N) is 1. The van der Waals surface area contributed by atoms with E-state index in [-0.39, 0.29) is 12.5 Å². The molecule has 1 aliphatic carbocycles. The van der Waals surface area contributed by atoms with Crippen molar-refractivity contribution in [2.24, 2.45) is 5.41 Å². The normalized spacial score (nSPS) is 25.1. The fraction of sp³-hybridized carbons (Fsp3) is 0.571. The summed E-state index contributed by atoms with van der Waals surface area (Å²) in [6.07, 6.45) is 7.22. The molecule has 0 aromatic rings. The summed E-state index contributed by atoms with van der Waals surface area (Å²) in [5.41, 5.74) is 1.33. The van der Waals surface area contributed by atoms with Crippen molar-refractivity contribution in [3.63, 3.8) is 0 Å². The quantitative estimate of drug-likeness (QED) is 0.815. The van der Waals surface area contributed by atoms with Crippen molar-refractivity contribution in [3.8, 4) is 0 Å². The first kappa shape index (κ1) is 12.4. The Labute approximate surface area is 111 Å². The molecule has 2 aliphatic heterocycles. The van der Waals surface area contributed by atoms with Crippen LogP contribution in [0.15, 0.2) is 23.4 Å². The zero-order valence-corrected chi connectivity index (χ0v) is 10.7. The van der Waals surface area contributed by atoms with Crippen molar-refractivity contribution in [1.82, 2.24) is 4.90 Å². The number of carbonyl (C=O) groups excluding carboxylic acids is 1.